The molecule has 0 heterocycles. The van der Waals surface area contributed by atoms with Crippen LogP contribution in [0.25, 0.3) is 0 Å². The molecule has 0 bridgehead atoms. The summed E-state index contributed by atoms with van der Waals surface area (Å²) < 4.78 is 0. The second kappa shape index (κ2) is 7.82. The Balaban J connectivity index is 2.80. The highest BCUT2D eigenvalue weighted by Crippen LogP contribution is 2.27. The molecule has 18 heavy (non-hydrogen) atoms. The molecule has 1 unspecified atom stereocenters. The molecule has 1 aromatic carbocycles. The Kier molecular flexibility index (Phi) is 6.76. The molecule has 0 aliphatic heterocycles. The third-order valence-corrected chi connectivity index (χ3v) is 4.20. The number of aliphatic hydroxyl groups excluding tert-OH is 1. The topological polar surface area (TPSA) is 32.3 Å². The number of nitrogens with one attached hydrogen (secondary N) is 1. The molecule has 102 valence electrons. The van der Waals surface area contributed by atoms with Crippen LogP contribution in [0.15, 0.2) is 30.3 Å². The Hall–Kier alpha value is -0.510. The fraction of sp³-hybridized carbons (Fsp3) is 0.600. The van der Waals surface area contributed by atoms with Gasteiger partial charge < -0.3 is 10.4 Å². The molecule has 0 aliphatic carbocycles. The number of hydrogen-bond donors (Lipinski definition) is 2. The molecule has 0 radical (unpaired) electrons. The van der Waals surface area contributed by atoms with Crippen molar-refractivity contribution < 1.29 is 5.11 Å². The molecule has 2 nitrogen and oxygen atoms in total. The molecular formula is C15H25NOS. The standard InChI is InChI=1S/C15H25NOS/c1-4-16-15(12-17,10-11-18-13(2)3)14-8-6-5-7-9-14/h5-9,13,16-17H,4,10-12H2,1-3H3. The first-order valence-electron chi connectivity index (χ1n) is 6.67. The zero-order valence-corrected chi connectivity index (χ0v) is 12.5. The van der Waals surface area contributed by atoms with Gasteiger partial charge in [0.25, 0.3) is 0 Å². The summed E-state index contributed by atoms with van der Waals surface area (Å²) in [5.41, 5.74) is 0.886. The van der Waals surface area contributed by atoms with Crippen LogP contribution < -0.4 is 5.32 Å². The molecule has 0 fully saturated rings. The van der Waals surface area contributed by atoms with E-state index in [1.165, 1.54) is 5.56 Å². The number of benzene rings is 1. The summed E-state index contributed by atoms with van der Waals surface area (Å²) >= 11 is 1.94. The smallest absolute Gasteiger partial charge is 0.0676 e. The maximum Gasteiger partial charge on any atom is 0.0676 e. The van der Waals surface area contributed by atoms with Gasteiger partial charge in [-0.3, -0.25) is 0 Å². The monoisotopic (exact) mass is 267 g/mol. The number of hydrogen-bond acceptors (Lipinski definition) is 3. The lowest BCUT2D eigenvalue weighted by Gasteiger charge is -2.33. The van der Waals surface area contributed by atoms with Crippen molar-refractivity contribution in [1.82, 2.24) is 5.32 Å². The molecular weight excluding hydrogens is 242 g/mol. The van der Waals surface area contributed by atoms with Gasteiger partial charge in [0, 0.05) is 0 Å². The van der Waals surface area contributed by atoms with E-state index in [4.69, 9.17) is 0 Å². The van der Waals surface area contributed by atoms with Crippen molar-refractivity contribution in [3.8, 4) is 0 Å². The van der Waals surface area contributed by atoms with Gasteiger partial charge in [0.1, 0.15) is 0 Å². The van der Waals surface area contributed by atoms with Crippen LogP contribution in [0.5, 0.6) is 0 Å². The zero-order chi connectivity index (χ0) is 13.4. The summed E-state index contributed by atoms with van der Waals surface area (Å²) in [6.45, 7) is 7.51. The van der Waals surface area contributed by atoms with Crippen molar-refractivity contribution in [2.24, 2.45) is 0 Å². The minimum Gasteiger partial charge on any atom is -0.394 e. The van der Waals surface area contributed by atoms with Crippen LogP contribution >= 0.6 is 11.8 Å². The van der Waals surface area contributed by atoms with Gasteiger partial charge in [-0.2, -0.15) is 11.8 Å². The van der Waals surface area contributed by atoms with Gasteiger partial charge in [-0.25, -0.2) is 0 Å². The molecule has 3 heteroatoms. The summed E-state index contributed by atoms with van der Waals surface area (Å²) in [6.07, 6.45) is 0.949. The number of rotatable bonds is 8. The van der Waals surface area contributed by atoms with Crippen LogP contribution in [0.3, 0.4) is 0 Å². The van der Waals surface area contributed by atoms with Crippen LogP contribution in [-0.4, -0.2) is 29.3 Å². The predicted octanol–water partition coefficient (Wildman–Crippen LogP) is 3.02. The Labute approximate surface area is 115 Å². The third-order valence-electron chi connectivity index (χ3n) is 3.09. The Morgan fingerprint density at radius 2 is 1.94 bits per heavy atom. The predicted molar refractivity (Wildman–Crippen MR) is 81.1 cm³/mol. The normalized spacial score (nSPS) is 14.7. The molecule has 0 aliphatic rings. The largest absolute Gasteiger partial charge is 0.394 e. The van der Waals surface area contributed by atoms with Crippen LogP contribution in [0.4, 0.5) is 0 Å². The summed E-state index contributed by atoms with van der Waals surface area (Å²) in [6, 6.07) is 10.3. The number of likely N-dealkylation sites (N-methyl/N-ethyl adjacent to an activating group) is 1. The highest BCUT2D eigenvalue weighted by molar-refractivity contribution is 7.99. The van der Waals surface area contributed by atoms with Gasteiger partial charge in [0.15, 0.2) is 0 Å². The highest BCUT2D eigenvalue weighted by atomic mass is 32.2. The van der Waals surface area contributed by atoms with Gasteiger partial charge >= 0.3 is 0 Å². The van der Waals surface area contributed by atoms with Crippen LogP contribution in [0.2, 0.25) is 0 Å². The quantitative estimate of drug-likeness (QED) is 0.759. The van der Waals surface area contributed by atoms with E-state index in [-0.39, 0.29) is 12.1 Å². The summed E-state index contributed by atoms with van der Waals surface area (Å²) in [4.78, 5) is 0. The SMILES string of the molecule is CCNC(CO)(CCSC(C)C)c1ccccc1. The van der Waals surface area contributed by atoms with E-state index in [1.807, 2.05) is 30.0 Å². The van der Waals surface area contributed by atoms with Gasteiger partial charge in [-0.05, 0) is 29.5 Å². The van der Waals surface area contributed by atoms with E-state index < -0.39 is 0 Å². The minimum atomic E-state index is -0.294. The Bertz CT molecular complexity index is 329. The molecule has 2 N–H and O–H groups in total. The second-order valence-corrected chi connectivity index (χ2v) is 6.49. The molecule has 1 atom stereocenters. The zero-order valence-electron chi connectivity index (χ0n) is 11.6. The van der Waals surface area contributed by atoms with Gasteiger partial charge in [0.05, 0.1) is 12.1 Å². The molecule has 1 rings (SSSR count). The van der Waals surface area contributed by atoms with Gasteiger partial charge in [-0.1, -0.05) is 51.1 Å². The summed E-state index contributed by atoms with van der Waals surface area (Å²) in [7, 11) is 0. The molecule has 0 saturated heterocycles. The van der Waals surface area contributed by atoms with E-state index in [0.29, 0.717) is 5.25 Å². The average molecular weight is 267 g/mol. The van der Waals surface area contributed by atoms with E-state index in [2.05, 4.69) is 38.2 Å². The van der Waals surface area contributed by atoms with Crippen molar-refractivity contribution in [3.63, 3.8) is 0 Å². The lowest BCUT2D eigenvalue weighted by Crippen LogP contribution is -2.46. The van der Waals surface area contributed by atoms with E-state index in [9.17, 15) is 5.11 Å². The molecule has 0 aromatic heterocycles. The first kappa shape index (κ1) is 15.5. The van der Waals surface area contributed by atoms with Crippen molar-refractivity contribution >= 4 is 11.8 Å². The van der Waals surface area contributed by atoms with Gasteiger partial charge in [0.2, 0.25) is 0 Å². The lowest BCUT2D eigenvalue weighted by atomic mass is 9.88. The maximum absolute atomic E-state index is 9.85. The van der Waals surface area contributed by atoms with Crippen molar-refractivity contribution in [2.45, 2.75) is 38.0 Å². The fourth-order valence-corrected chi connectivity index (χ4v) is 3.06. The van der Waals surface area contributed by atoms with E-state index in [1.54, 1.807) is 0 Å². The molecule has 0 amide bonds. The first-order chi connectivity index (χ1) is 8.64. The van der Waals surface area contributed by atoms with Crippen molar-refractivity contribution in [2.75, 3.05) is 18.9 Å². The van der Waals surface area contributed by atoms with Crippen LogP contribution in [0, 0.1) is 0 Å². The summed E-state index contributed by atoms with van der Waals surface area (Å²) in [5.74, 6) is 1.06. The maximum atomic E-state index is 9.85. The van der Waals surface area contributed by atoms with Crippen molar-refractivity contribution in [1.29, 1.82) is 0 Å². The highest BCUT2D eigenvalue weighted by Gasteiger charge is 2.29. The van der Waals surface area contributed by atoms with E-state index in [0.717, 1.165) is 18.7 Å². The second-order valence-electron chi connectivity index (χ2n) is 4.81. The average Bonchev–Trinajstić information content (AvgIpc) is 2.38. The lowest BCUT2D eigenvalue weighted by molar-refractivity contribution is 0.158. The molecule has 1 aromatic rings. The molecule has 0 spiro atoms. The van der Waals surface area contributed by atoms with Crippen LogP contribution in [0.1, 0.15) is 32.8 Å². The van der Waals surface area contributed by atoms with Gasteiger partial charge in [-0.15, -0.1) is 0 Å². The third kappa shape index (κ3) is 4.30. The van der Waals surface area contributed by atoms with Crippen LogP contribution in [-0.2, 0) is 5.54 Å². The first-order valence-corrected chi connectivity index (χ1v) is 7.72. The van der Waals surface area contributed by atoms with E-state index >= 15 is 0 Å². The number of aliphatic hydroxyl groups is 1. The Morgan fingerprint density at radius 1 is 1.28 bits per heavy atom. The Morgan fingerprint density at radius 3 is 2.44 bits per heavy atom. The number of thioether (sulfide) groups is 1. The minimum absolute atomic E-state index is 0.142. The molecule has 0 saturated carbocycles. The fourth-order valence-electron chi connectivity index (χ4n) is 2.13. The van der Waals surface area contributed by atoms with Crippen molar-refractivity contribution in [3.05, 3.63) is 35.9 Å². The summed E-state index contributed by atoms with van der Waals surface area (Å²) in [5, 5.41) is 14.0.